The predicted octanol–water partition coefficient (Wildman–Crippen LogP) is 3.03. The van der Waals surface area contributed by atoms with Crippen LogP contribution in [0.5, 0.6) is 0 Å². The molecule has 1 heterocycles. The van der Waals surface area contributed by atoms with Crippen LogP contribution in [0.4, 0.5) is 11.5 Å². The van der Waals surface area contributed by atoms with Gasteiger partial charge in [-0.1, -0.05) is 6.07 Å². The number of carbonyl (C=O) groups is 1. The molecule has 0 spiro atoms. The van der Waals surface area contributed by atoms with Gasteiger partial charge in [-0.2, -0.15) is 0 Å². The number of nitro groups is 1. The summed E-state index contributed by atoms with van der Waals surface area (Å²) < 4.78 is 0. The number of aromatic nitrogens is 1. The van der Waals surface area contributed by atoms with Crippen LogP contribution < -0.4 is 5.32 Å². The molecule has 0 saturated heterocycles. The van der Waals surface area contributed by atoms with E-state index < -0.39 is 4.92 Å². The van der Waals surface area contributed by atoms with E-state index in [9.17, 15) is 14.9 Å². The summed E-state index contributed by atoms with van der Waals surface area (Å²) in [5.74, 6) is 0.564. The Balaban J connectivity index is 1.87. The number of nitro benzene ring substituents is 1. The van der Waals surface area contributed by atoms with Crippen molar-refractivity contribution >= 4 is 29.2 Å². The number of rotatable bonds is 5. The van der Waals surface area contributed by atoms with Gasteiger partial charge in [-0.25, -0.2) is 4.98 Å². The lowest BCUT2D eigenvalue weighted by Crippen LogP contribution is -2.15. The normalized spacial score (nSPS) is 10.1. The highest BCUT2D eigenvalue weighted by molar-refractivity contribution is 8.00. The van der Waals surface area contributed by atoms with Crippen LogP contribution in [0.1, 0.15) is 5.69 Å². The van der Waals surface area contributed by atoms with Crippen molar-refractivity contribution in [1.29, 1.82) is 0 Å². The number of thioether (sulfide) groups is 1. The number of nitrogens with one attached hydrogen (secondary N) is 1. The third-order valence-corrected chi connectivity index (χ3v) is 3.59. The summed E-state index contributed by atoms with van der Waals surface area (Å²) in [5.41, 5.74) is 0.864. The highest BCUT2D eigenvalue weighted by atomic mass is 32.2. The molecule has 21 heavy (non-hydrogen) atoms. The number of nitrogens with zero attached hydrogens (tertiary/aromatic N) is 2. The van der Waals surface area contributed by atoms with E-state index in [1.54, 1.807) is 18.2 Å². The first-order chi connectivity index (χ1) is 10.0. The van der Waals surface area contributed by atoms with Crippen molar-refractivity contribution in [2.24, 2.45) is 0 Å². The highest BCUT2D eigenvalue weighted by Crippen LogP contribution is 2.21. The average Bonchev–Trinajstić information content (AvgIpc) is 2.45. The zero-order chi connectivity index (χ0) is 15.2. The van der Waals surface area contributed by atoms with Gasteiger partial charge < -0.3 is 5.32 Å². The lowest BCUT2D eigenvalue weighted by molar-refractivity contribution is -0.384. The molecule has 1 aromatic heterocycles. The number of carbonyl (C=O) groups excluding carboxylic acids is 1. The second-order valence-corrected chi connectivity index (χ2v) is 5.30. The monoisotopic (exact) mass is 303 g/mol. The quantitative estimate of drug-likeness (QED) is 0.521. The van der Waals surface area contributed by atoms with Crippen LogP contribution >= 0.6 is 11.8 Å². The Morgan fingerprint density at radius 3 is 2.62 bits per heavy atom. The number of pyridine rings is 1. The predicted molar refractivity (Wildman–Crippen MR) is 81.4 cm³/mol. The number of hydrogen-bond acceptors (Lipinski definition) is 5. The van der Waals surface area contributed by atoms with Gasteiger partial charge in [0.15, 0.2) is 0 Å². The minimum absolute atomic E-state index is 0.0350. The van der Waals surface area contributed by atoms with Gasteiger partial charge in [0.25, 0.3) is 5.69 Å². The molecule has 0 bridgehead atoms. The smallest absolute Gasteiger partial charge is 0.269 e. The summed E-state index contributed by atoms with van der Waals surface area (Å²) in [4.78, 5) is 26.9. The third-order valence-electron chi connectivity index (χ3n) is 2.57. The Morgan fingerprint density at radius 2 is 2.00 bits per heavy atom. The maximum atomic E-state index is 11.8. The number of non-ortho nitro benzene ring substituents is 1. The lowest BCUT2D eigenvalue weighted by atomic mass is 10.3. The van der Waals surface area contributed by atoms with E-state index >= 15 is 0 Å². The summed E-state index contributed by atoms with van der Waals surface area (Å²) in [6.45, 7) is 1.85. The Kier molecular flexibility index (Phi) is 4.89. The first-order valence-corrected chi connectivity index (χ1v) is 7.14. The Labute approximate surface area is 125 Å². The molecule has 6 nitrogen and oxygen atoms in total. The average molecular weight is 303 g/mol. The molecule has 0 saturated carbocycles. The standard InChI is InChI=1S/C14H13N3O3S/c1-10-3-2-4-13(15-10)16-14(18)9-21-12-7-5-11(6-8-12)17(19)20/h2-8H,9H2,1H3,(H,15,16,18). The fraction of sp³-hybridized carbons (Fsp3) is 0.143. The summed E-state index contributed by atoms with van der Waals surface area (Å²) in [7, 11) is 0. The van der Waals surface area contributed by atoms with Crippen LogP contribution in [0.3, 0.4) is 0 Å². The molecule has 2 aromatic rings. The van der Waals surface area contributed by atoms with Gasteiger partial charge in [0.05, 0.1) is 10.7 Å². The first-order valence-electron chi connectivity index (χ1n) is 6.15. The van der Waals surface area contributed by atoms with Crippen molar-refractivity contribution in [3.8, 4) is 0 Å². The fourth-order valence-corrected chi connectivity index (χ4v) is 2.30. The second kappa shape index (κ2) is 6.85. The van der Waals surface area contributed by atoms with Gasteiger partial charge >= 0.3 is 0 Å². The molecule has 1 aromatic carbocycles. The fourth-order valence-electron chi connectivity index (χ4n) is 1.60. The molecule has 108 valence electrons. The van der Waals surface area contributed by atoms with Crippen LogP contribution in [0.2, 0.25) is 0 Å². The van der Waals surface area contributed by atoms with Crippen LogP contribution in [-0.4, -0.2) is 21.6 Å². The number of anilines is 1. The molecule has 1 amide bonds. The SMILES string of the molecule is Cc1cccc(NC(=O)CSc2ccc([N+](=O)[O-])cc2)n1. The molecule has 0 aliphatic rings. The van der Waals surface area contributed by atoms with Crippen LogP contribution in [0.25, 0.3) is 0 Å². The van der Waals surface area contributed by atoms with Crippen molar-refractivity contribution in [2.75, 3.05) is 11.1 Å². The van der Waals surface area contributed by atoms with E-state index in [1.807, 2.05) is 19.1 Å². The van der Waals surface area contributed by atoms with Crippen molar-refractivity contribution < 1.29 is 9.72 Å². The van der Waals surface area contributed by atoms with Crippen molar-refractivity contribution in [1.82, 2.24) is 4.98 Å². The Morgan fingerprint density at radius 1 is 1.29 bits per heavy atom. The molecule has 7 heteroatoms. The molecule has 0 aliphatic heterocycles. The zero-order valence-electron chi connectivity index (χ0n) is 11.3. The number of amides is 1. The van der Waals surface area contributed by atoms with E-state index in [1.165, 1.54) is 23.9 Å². The molecule has 0 aliphatic carbocycles. The topological polar surface area (TPSA) is 85.1 Å². The van der Waals surface area contributed by atoms with Crippen LogP contribution in [0.15, 0.2) is 47.4 Å². The van der Waals surface area contributed by atoms with Crippen molar-refractivity contribution in [3.63, 3.8) is 0 Å². The minimum atomic E-state index is -0.454. The third kappa shape index (κ3) is 4.57. The molecule has 0 atom stereocenters. The molecule has 1 N–H and O–H groups in total. The van der Waals surface area contributed by atoms with Crippen molar-refractivity contribution in [3.05, 3.63) is 58.3 Å². The number of benzene rings is 1. The molecule has 0 unspecified atom stereocenters. The second-order valence-electron chi connectivity index (χ2n) is 4.25. The van der Waals surface area contributed by atoms with E-state index in [2.05, 4.69) is 10.3 Å². The molecular weight excluding hydrogens is 290 g/mol. The number of hydrogen-bond donors (Lipinski definition) is 1. The maximum absolute atomic E-state index is 11.8. The van der Waals surface area contributed by atoms with E-state index in [0.29, 0.717) is 5.82 Å². The molecule has 0 fully saturated rings. The summed E-state index contributed by atoms with van der Waals surface area (Å²) in [6, 6.07) is 11.5. The van der Waals surface area contributed by atoms with E-state index in [0.717, 1.165) is 10.6 Å². The van der Waals surface area contributed by atoms with Crippen molar-refractivity contribution in [2.45, 2.75) is 11.8 Å². The lowest BCUT2D eigenvalue weighted by Gasteiger charge is -2.05. The summed E-state index contributed by atoms with van der Waals surface area (Å²) in [5, 5.41) is 13.2. The Bertz CT molecular complexity index is 659. The largest absolute Gasteiger partial charge is 0.310 e. The molecule has 2 rings (SSSR count). The molecule has 0 radical (unpaired) electrons. The molecular formula is C14H13N3O3S. The maximum Gasteiger partial charge on any atom is 0.269 e. The number of aryl methyl sites for hydroxylation is 1. The van der Waals surface area contributed by atoms with Gasteiger partial charge in [-0.3, -0.25) is 14.9 Å². The van der Waals surface area contributed by atoms with Crippen LogP contribution in [0, 0.1) is 17.0 Å². The zero-order valence-corrected chi connectivity index (χ0v) is 12.1. The van der Waals surface area contributed by atoms with Gasteiger partial charge in [0.1, 0.15) is 5.82 Å². The van der Waals surface area contributed by atoms with E-state index in [-0.39, 0.29) is 17.3 Å². The van der Waals surface area contributed by atoms with E-state index in [4.69, 9.17) is 0 Å². The highest BCUT2D eigenvalue weighted by Gasteiger charge is 2.07. The van der Waals surface area contributed by atoms with Gasteiger partial charge in [-0.15, -0.1) is 11.8 Å². The summed E-state index contributed by atoms with van der Waals surface area (Å²) in [6.07, 6.45) is 0. The van der Waals surface area contributed by atoms with Crippen LogP contribution in [-0.2, 0) is 4.79 Å². The van der Waals surface area contributed by atoms with Gasteiger partial charge in [0.2, 0.25) is 5.91 Å². The van der Waals surface area contributed by atoms with Gasteiger partial charge in [0, 0.05) is 22.7 Å². The summed E-state index contributed by atoms with van der Waals surface area (Å²) >= 11 is 1.31. The first kappa shape index (κ1) is 15.0. The van der Waals surface area contributed by atoms with Gasteiger partial charge in [-0.05, 0) is 31.2 Å². The minimum Gasteiger partial charge on any atom is -0.310 e. The Hall–Kier alpha value is -2.41.